The normalized spacial score (nSPS) is 25.6. The molecule has 3 nitrogen and oxygen atoms in total. The number of thiocarbonyl (C=S) groups is 1. The maximum Gasteiger partial charge on any atom is 0.0870 e. The fourth-order valence-electron chi connectivity index (χ4n) is 3.13. The summed E-state index contributed by atoms with van der Waals surface area (Å²) in [6.45, 7) is 5.47. The maximum absolute atomic E-state index is 5.60. The molecule has 0 radical (unpaired) electrons. The predicted octanol–water partition coefficient (Wildman–Crippen LogP) is 1.61. The standard InChI is InChI=1S/C13H25N3S/c14-13(17)11-15-7-9-16(10-8-15)12-5-3-1-2-4-6-12/h12H,1-11H2,(H2,14,17). The highest BCUT2D eigenvalue weighted by atomic mass is 32.1. The Bertz CT molecular complexity index is 241. The monoisotopic (exact) mass is 255 g/mol. The van der Waals surface area contributed by atoms with Crippen molar-refractivity contribution in [1.29, 1.82) is 0 Å². The summed E-state index contributed by atoms with van der Waals surface area (Å²) in [5.74, 6) is 0. The van der Waals surface area contributed by atoms with Gasteiger partial charge in [-0.25, -0.2) is 0 Å². The lowest BCUT2D eigenvalue weighted by atomic mass is 10.1. The molecule has 98 valence electrons. The van der Waals surface area contributed by atoms with E-state index in [2.05, 4.69) is 9.80 Å². The molecule has 0 spiro atoms. The van der Waals surface area contributed by atoms with Gasteiger partial charge in [-0.3, -0.25) is 9.80 Å². The molecule has 2 N–H and O–H groups in total. The van der Waals surface area contributed by atoms with E-state index in [1.807, 2.05) is 0 Å². The summed E-state index contributed by atoms with van der Waals surface area (Å²) in [6.07, 6.45) is 8.57. The number of nitrogens with zero attached hydrogens (tertiary/aromatic N) is 2. The van der Waals surface area contributed by atoms with E-state index in [1.165, 1.54) is 51.6 Å². The molecule has 0 aromatic carbocycles. The van der Waals surface area contributed by atoms with Gasteiger partial charge in [0.05, 0.1) is 4.99 Å². The van der Waals surface area contributed by atoms with Crippen molar-refractivity contribution in [3.05, 3.63) is 0 Å². The molecule has 17 heavy (non-hydrogen) atoms. The summed E-state index contributed by atoms with van der Waals surface area (Å²) >= 11 is 4.97. The van der Waals surface area contributed by atoms with Crippen LogP contribution in [0.25, 0.3) is 0 Å². The van der Waals surface area contributed by atoms with Crippen LogP contribution < -0.4 is 5.73 Å². The number of rotatable bonds is 3. The lowest BCUT2D eigenvalue weighted by Crippen LogP contribution is -2.51. The molecule has 2 aliphatic rings. The molecular formula is C13H25N3S. The van der Waals surface area contributed by atoms with Crippen molar-refractivity contribution in [2.45, 2.75) is 44.6 Å². The van der Waals surface area contributed by atoms with Crippen LogP contribution in [0.3, 0.4) is 0 Å². The molecule has 2 rings (SSSR count). The van der Waals surface area contributed by atoms with E-state index < -0.39 is 0 Å². The topological polar surface area (TPSA) is 32.5 Å². The largest absolute Gasteiger partial charge is 0.392 e. The average Bonchev–Trinajstić information content (AvgIpc) is 2.58. The first-order chi connectivity index (χ1) is 8.25. The van der Waals surface area contributed by atoms with Gasteiger partial charge >= 0.3 is 0 Å². The van der Waals surface area contributed by atoms with Crippen LogP contribution in [0.1, 0.15) is 38.5 Å². The van der Waals surface area contributed by atoms with Gasteiger partial charge in [-0.05, 0) is 12.8 Å². The lowest BCUT2D eigenvalue weighted by molar-refractivity contribution is 0.0977. The van der Waals surface area contributed by atoms with Crippen molar-refractivity contribution in [3.8, 4) is 0 Å². The van der Waals surface area contributed by atoms with E-state index in [0.29, 0.717) is 4.99 Å². The summed E-state index contributed by atoms with van der Waals surface area (Å²) in [5.41, 5.74) is 5.60. The Hall–Kier alpha value is -0.190. The van der Waals surface area contributed by atoms with E-state index in [0.717, 1.165) is 25.7 Å². The van der Waals surface area contributed by atoms with Crippen molar-refractivity contribution >= 4 is 17.2 Å². The zero-order valence-corrected chi connectivity index (χ0v) is 11.6. The van der Waals surface area contributed by atoms with Crippen molar-refractivity contribution < 1.29 is 0 Å². The molecular weight excluding hydrogens is 230 g/mol. The molecule has 1 aliphatic carbocycles. The van der Waals surface area contributed by atoms with Gasteiger partial charge in [0, 0.05) is 38.8 Å². The number of piperazine rings is 1. The molecule has 0 aromatic rings. The summed E-state index contributed by atoms with van der Waals surface area (Å²) in [5, 5.41) is 0. The molecule has 0 amide bonds. The molecule has 4 heteroatoms. The zero-order chi connectivity index (χ0) is 12.1. The smallest absolute Gasteiger partial charge is 0.0870 e. The van der Waals surface area contributed by atoms with E-state index in [1.54, 1.807) is 0 Å². The minimum absolute atomic E-state index is 0.632. The zero-order valence-electron chi connectivity index (χ0n) is 10.7. The van der Waals surface area contributed by atoms with Crippen LogP contribution in [-0.2, 0) is 0 Å². The van der Waals surface area contributed by atoms with Gasteiger partial charge in [-0.1, -0.05) is 37.9 Å². The van der Waals surface area contributed by atoms with Gasteiger partial charge in [0.1, 0.15) is 0 Å². The van der Waals surface area contributed by atoms with Gasteiger partial charge in [-0.15, -0.1) is 0 Å². The second kappa shape index (κ2) is 6.66. The highest BCUT2D eigenvalue weighted by molar-refractivity contribution is 7.80. The Morgan fingerprint density at radius 2 is 1.59 bits per heavy atom. The maximum atomic E-state index is 5.60. The van der Waals surface area contributed by atoms with Crippen LogP contribution in [0.2, 0.25) is 0 Å². The lowest BCUT2D eigenvalue weighted by Gasteiger charge is -2.39. The molecule has 0 atom stereocenters. The van der Waals surface area contributed by atoms with Crippen molar-refractivity contribution in [2.75, 3.05) is 32.7 Å². The van der Waals surface area contributed by atoms with Gasteiger partial charge in [-0.2, -0.15) is 0 Å². The van der Waals surface area contributed by atoms with Gasteiger partial charge in [0.25, 0.3) is 0 Å². The molecule has 0 unspecified atom stereocenters. The average molecular weight is 255 g/mol. The Morgan fingerprint density at radius 3 is 2.12 bits per heavy atom. The Kier molecular flexibility index (Phi) is 5.19. The molecule has 0 aromatic heterocycles. The Morgan fingerprint density at radius 1 is 1.00 bits per heavy atom. The third-order valence-corrected chi connectivity index (χ3v) is 4.26. The van der Waals surface area contributed by atoms with Crippen LogP contribution >= 0.6 is 12.2 Å². The minimum Gasteiger partial charge on any atom is -0.392 e. The van der Waals surface area contributed by atoms with Crippen LogP contribution in [0.15, 0.2) is 0 Å². The van der Waals surface area contributed by atoms with Gasteiger partial charge < -0.3 is 5.73 Å². The van der Waals surface area contributed by atoms with Crippen LogP contribution in [-0.4, -0.2) is 53.6 Å². The number of nitrogens with two attached hydrogens (primary N) is 1. The Balaban J connectivity index is 1.75. The molecule has 1 saturated heterocycles. The quantitative estimate of drug-likeness (QED) is 0.613. The fraction of sp³-hybridized carbons (Fsp3) is 0.923. The highest BCUT2D eigenvalue weighted by Gasteiger charge is 2.24. The molecule has 1 heterocycles. The summed E-state index contributed by atoms with van der Waals surface area (Å²) in [6, 6.07) is 0.851. The molecule has 2 fully saturated rings. The first-order valence-electron chi connectivity index (χ1n) is 7.00. The van der Waals surface area contributed by atoms with Crippen molar-refractivity contribution in [2.24, 2.45) is 5.73 Å². The van der Waals surface area contributed by atoms with E-state index in [4.69, 9.17) is 18.0 Å². The van der Waals surface area contributed by atoms with E-state index >= 15 is 0 Å². The number of hydrogen-bond acceptors (Lipinski definition) is 3. The molecule has 1 aliphatic heterocycles. The second-order valence-corrected chi connectivity index (χ2v) is 5.95. The minimum atomic E-state index is 0.632. The Labute approximate surface area is 110 Å². The van der Waals surface area contributed by atoms with Crippen LogP contribution in [0.5, 0.6) is 0 Å². The molecule has 0 bridgehead atoms. The summed E-state index contributed by atoms with van der Waals surface area (Å²) < 4.78 is 0. The van der Waals surface area contributed by atoms with Crippen molar-refractivity contribution in [3.63, 3.8) is 0 Å². The summed E-state index contributed by atoms with van der Waals surface area (Å²) in [7, 11) is 0. The van der Waals surface area contributed by atoms with Crippen molar-refractivity contribution in [1.82, 2.24) is 9.80 Å². The second-order valence-electron chi connectivity index (χ2n) is 5.42. The van der Waals surface area contributed by atoms with Crippen LogP contribution in [0.4, 0.5) is 0 Å². The third-order valence-electron chi connectivity index (χ3n) is 4.13. The summed E-state index contributed by atoms with van der Waals surface area (Å²) in [4.78, 5) is 5.71. The highest BCUT2D eigenvalue weighted by Crippen LogP contribution is 2.22. The first kappa shape index (κ1) is 13.2. The van der Waals surface area contributed by atoms with Gasteiger partial charge in [0.2, 0.25) is 0 Å². The fourth-order valence-corrected chi connectivity index (χ4v) is 3.31. The molecule has 1 saturated carbocycles. The SMILES string of the molecule is NC(=S)CN1CCN(C2CCCCCC2)CC1. The van der Waals surface area contributed by atoms with E-state index in [-0.39, 0.29) is 0 Å². The van der Waals surface area contributed by atoms with Crippen LogP contribution in [0, 0.1) is 0 Å². The number of hydrogen-bond donors (Lipinski definition) is 1. The predicted molar refractivity (Wildman–Crippen MR) is 76.3 cm³/mol. The van der Waals surface area contributed by atoms with E-state index in [9.17, 15) is 0 Å². The third kappa shape index (κ3) is 4.19. The van der Waals surface area contributed by atoms with Gasteiger partial charge in [0.15, 0.2) is 0 Å². The first-order valence-corrected chi connectivity index (χ1v) is 7.41.